The molecule has 0 aliphatic heterocycles. The van der Waals surface area contributed by atoms with Gasteiger partial charge in [0.2, 0.25) is 5.95 Å². The zero-order valence-corrected chi connectivity index (χ0v) is 11.1. The molecule has 5 heteroatoms. The van der Waals surface area contributed by atoms with Crippen LogP contribution in [0.25, 0.3) is 0 Å². The lowest BCUT2D eigenvalue weighted by Gasteiger charge is -2.08. The number of hydrogen-bond acceptors (Lipinski definition) is 5. The topological polar surface area (TPSA) is 62.7 Å². The van der Waals surface area contributed by atoms with E-state index in [1.54, 1.807) is 12.3 Å². The Kier molecular flexibility index (Phi) is 4.07. The number of nitrogens with zero attached hydrogens (tertiary/aromatic N) is 3. The van der Waals surface area contributed by atoms with Gasteiger partial charge in [-0.25, -0.2) is 0 Å². The molecule has 0 aliphatic rings. The molecule has 1 aromatic heterocycles. The minimum absolute atomic E-state index is 0.471. The fourth-order valence-corrected chi connectivity index (χ4v) is 1.79. The number of rotatable bonds is 5. The van der Waals surface area contributed by atoms with Crippen LogP contribution >= 0.6 is 0 Å². The normalized spacial score (nSPS) is 10.0. The van der Waals surface area contributed by atoms with Gasteiger partial charge in [0, 0.05) is 12.2 Å². The summed E-state index contributed by atoms with van der Waals surface area (Å²) in [7, 11) is 0. The van der Waals surface area contributed by atoms with Gasteiger partial charge in [0.1, 0.15) is 0 Å². The SMILES string of the molecule is C=CCNc1cnnc(Nc2cc(C)cc(C)c2)n1. The van der Waals surface area contributed by atoms with Crippen molar-refractivity contribution in [3.8, 4) is 0 Å². The monoisotopic (exact) mass is 255 g/mol. The summed E-state index contributed by atoms with van der Waals surface area (Å²) in [6, 6.07) is 6.20. The molecular formula is C14H17N5. The van der Waals surface area contributed by atoms with Crippen molar-refractivity contribution in [1.29, 1.82) is 0 Å². The molecule has 0 radical (unpaired) electrons. The summed E-state index contributed by atoms with van der Waals surface area (Å²) < 4.78 is 0. The summed E-state index contributed by atoms with van der Waals surface area (Å²) in [5, 5.41) is 14.1. The Morgan fingerprint density at radius 3 is 2.63 bits per heavy atom. The van der Waals surface area contributed by atoms with Crippen LogP contribution in [0, 0.1) is 13.8 Å². The number of benzene rings is 1. The van der Waals surface area contributed by atoms with Gasteiger partial charge in [-0.2, -0.15) is 10.1 Å². The second-order valence-corrected chi connectivity index (χ2v) is 4.34. The maximum absolute atomic E-state index is 4.32. The molecular weight excluding hydrogens is 238 g/mol. The van der Waals surface area contributed by atoms with Crippen LogP contribution in [0.1, 0.15) is 11.1 Å². The number of hydrogen-bond donors (Lipinski definition) is 2. The molecule has 2 N–H and O–H groups in total. The first-order valence-corrected chi connectivity index (χ1v) is 6.07. The van der Waals surface area contributed by atoms with Gasteiger partial charge in [0.15, 0.2) is 5.82 Å². The highest BCUT2D eigenvalue weighted by Crippen LogP contribution is 2.17. The fourth-order valence-electron chi connectivity index (χ4n) is 1.79. The third-order valence-corrected chi connectivity index (χ3v) is 2.46. The predicted molar refractivity (Wildman–Crippen MR) is 77.7 cm³/mol. The van der Waals surface area contributed by atoms with Gasteiger partial charge in [-0.1, -0.05) is 12.1 Å². The third-order valence-electron chi connectivity index (χ3n) is 2.46. The average Bonchev–Trinajstić information content (AvgIpc) is 2.35. The minimum atomic E-state index is 0.471. The Labute approximate surface area is 112 Å². The second kappa shape index (κ2) is 5.95. The highest BCUT2D eigenvalue weighted by atomic mass is 15.3. The summed E-state index contributed by atoms with van der Waals surface area (Å²) in [6.07, 6.45) is 3.34. The maximum Gasteiger partial charge on any atom is 0.249 e. The van der Waals surface area contributed by atoms with E-state index in [-0.39, 0.29) is 0 Å². The molecule has 5 nitrogen and oxygen atoms in total. The van der Waals surface area contributed by atoms with Crippen molar-refractivity contribution in [3.63, 3.8) is 0 Å². The Morgan fingerprint density at radius 1 is 1.21 bits per heavy atom. The van der Waals surface area contributed by atoms with Crippen LogP contribution in [0.3, 0.4) is 0 Å². The number of aromatic nitrogens is 3. The zero-order chi connectivity index (χ0) is 13.7. The summed E-state index contributed by atoms with van der Waals surface area (Å²) >= 11 is 0. The maximum atomic E-state index is 4.32. The van der Waals surface area contributed by atoms with Gasteiger partial charge in [-0.3, -0.25) is 0 Å². The van der Waals surface area contributed by atoms with Gasteiger partial charge in [-0.15, -0.1) is 11.7 Å². The highest BCUT2D eigenvalue weighted by molar-refractivity contribution is 5.56. The average molecular weight is 255 g/mol. The fraction of sp³-hybridized carbons (Fsp3) is 0.214. The van der Waals surface area contributed by atoms with Gasteiger partial charge in [0.25, 0.3) is 0 Å². The summed E-state index contributed by atoms with van der Waals surface area (Å²) in [5.41, 5.74) is 3.34. The number of aryl methyl sites for hydroxylation is 2. The van der Waals surface area contributed by atoms with Crippen LogP contribution in [-0.4, -0.2) is 21.7 Å². The molecule has 0 atom stereocenters. The molecule has 0 aliphatic carbocycles. The molecule has 19 heavy (non-hydrogen) atoms. The Balaban J connectivity index is 2.15. The molecule has 2 aromatic rings. The molecule has 0 bridgehead atoms. The van der Waals surface area contributed by atoms with Crippen LogP contribution in [0.2, 0.25) is 0 Å². The van der Waals surface area contributed by atoms with Gasteiger partial charge < -0.3 is 10.6 Å². The first-order chi connectivity index (χ1) is 9.17. The van der Waals surface area contributed by atoms with E-state index in [0.29, 0.717) is 18.3 Å². The lowest BCUT2D eigenvalue weighted by molar-refractivity contribution is 0.975. The first kappa shape index (κ1) is 13.0. The zero-order valence-electron chi connectivity index (χ0n) is 11.1. The summed E-state index contributed by atoms with van der Waals surface area (Å²) in [5.74, 6) is 1.14. The molecule has 0 saturated heterocycles. The molecule has 0 spiro atoms. The van der Waals surface area contributed by atoms with Crippen molar-refractivity contribution in [1.82, 2.24) is 15.2 Å². The molecule has 0 amide bonds. The van der Waals surface area contributed by atoms with Gasteiger partial charge in [-0.05, 0) is 37.1 Å². The second-order valence-electron chi connectivity index (χ2n) is 4.34. The van der Waals surface area contributed by atoms with E-state index < -0.39 is 0 Å². The van der Waals surface area contributed by atoms with E-state index in [1.807, 2.05) is 12.1 Å². The van der Waals surface area contributed by atoms with Crippen LogP contribution in [-0.2, 0) is 0 Å². The molecule has 0 fully saturated rings. The summed E-state index contributed by atoms with van der Waals surface area (Å²) in [6.45, 7) is 8.39. The quantitative estimate of drug-likeness (QED) is 0.804. The molecule has 2 rings (SSSR count). The molecule has 98 valence electrons. The van der Waals surface area contributed by atoms with Crippen LogP contribution in [0.15, 0.2) is 37.1 Å². The van der Waals surface area contributed by atoms with Crippen molar-refractivity contribution < 1.29 is 0 Å². The van der Waals surface area contributed by atoms with Crippen molar-refractivity contribution >= 4 is 17.5 Å². The van der Waals surface area contributed by atoms with Crippen LogP contribution < -0.4 is 10.6 Å². The molecule has 1 heterocycles. The van der Waals surface area contributed by atoms with Gasteiger partial charge >= 0.3 is 0 Å². The predicted octanol–water partition coefficient (Wildman–Crippen LogP) is 2.83. The van der Waals surface area contributed by atoms with E-state index in [9.17, 15) is 0 Å². The molecule has 0 unspecified atom stereocenters. The lowest BCUT2D eigenvalue weighted by atomic mass is 10.1. The van der Waals surface area contributed by atoms with E-state index in [4.69, 9.17) is 0 Å². The number of nitrogens with one attached hydrogen (secondary N) is 2. The van der Waals surface area contributed by atoms with Crippen LogP contribution in [0.5, 0.6) is 0 Å². The van der Waals surface area contributed by atoms with Gasteiger partial charge in [0.05, 0.1) is 6.20 Å². The van der Waals surface area contributed by atoms with E-state index in [2.05, 4.69) is 52.3 Å². The summed E-state index contributed by atoms with van der Waals surface area (Å²) in [4.78, 5) is 4.32. The standard InChI is InChI=1S/C14H17N5/c1-4-5-15-13-9-16-19-14(18-13)17-12-7-10(2)6-11(3)8-12/h4,6-9H,1,5H2,2-3H3,(H2,15,17,18,19). The number of anilines is 3. The van der Waals surface area contributed by atoms with Crippen molar-refractivity contribution in [3.05, 3.63) is 48.2 Å². The smallest absolute Gasteiger partial charge is 0.249 e. The Morgan fingerprint density at radius 2 is 1.95 bits per heavy atom. The lowest BCUT2D eigenvalue weighted by Crippen LogP contribution is -2.05. The van der Waals surface area contributed by atoms with E-state index in [0.717, 1.165) is 5.69 Å². The Bertz CT molecular complexity index is 560. The molecule has 0 saturated carbocycles. The van der Waals surface area contributed by atoms with E-state index >= 15 is 0 Å². The first-order valence-electron chi connectivity index (χ1n) is 6.07. The minimum Gasteiger partial charge on any atom is -0.365 e. The van der Waals surface area contributed by atoms with Crippen molar-refractivity contribution in [2.24, 2.45) is 0 Å². The third kappa shape index (κ3) is 3.77. The van der Waals surface area contributed by atoms with E-state index in [1.165, 1.54) is 11.1 Å². The largest absolute Gasteiger partial charge is 0.365 e. The highest BCUT2D eigenvalue weighted by Gasteiger charge is 2.01. The Hall–Kier alpha value is -2.43. The van der Waals surface area contributed by atoms with Crippen molar-refractivity contribution in [2.45, 2.75) is 13.8 Å². The van der Waals surface area contributed by atoms with Crippen LogP contribution in [0.4, 0.5) is 17.5 Å². The van der Waals surface area contributed by atoms with Crippen molar-refractivity contribution in [2.75, 3.05) is 17.2 Å². The molecule has 1 aromatic carbocycles.